The predicted molar refractivity (Wildman–Crippen MR) is 113 cm³/mol. The molecule has 4 aromatic rings. The van der Waals surface area contributed by atoms with Crippen LogP contribution in [-0.2, 0) is 9.84 Å². The third kappa shape index (κ3) is 4.06. The number of nitrogens with zero attached hydrogens (tertiary/aromatic N) is 5. The number of hydrogen-bond acceptors (Lipinski definition) is 8. The van der Waals surface area contributed by atoms with Crippen LogP contribution in [0.3, 0.4) is 0 Å². The lowest BCUT2D eigenvalue weighted by Crippen LogP contribution is -2.13. The van der Waals surface area contributed by atoms with Gasteiger partial charge >= 0.3 is 0 Å². The summed E-state index contributed by atoms with van der Waals surface area (Å²) in [6.07, 6.45) is 3.09. The molecular formula is C22H17N5O3S. The van der Waals surface area contributed by atoms with Gasteiger partial charge in [-0.25, -0.2) is 13.4 Å². The van der Waals surface area contributed by atoms with E-state index in [0.717, 1.165) is 0 Å². The van der Waals surface area contributed by atoms with E-state index in [1.807, 2.05) is 0 Å². The minimum absolute atomic E-state index is 0.202. The van der Waals surface area contributed by atoms with Crippen molar-refractivity contribution >= 4 is 9.84 Å². The maximum Gasteiger partial charge on any atom is 0.268 e. The quantitative estimate of drug-likeness (QED) is 0.466. The van der Waals surface area contributed by atoms with Crippen molar-refractivity contribution in [3.63, 3.8) is 0 Å². The van der Waals surface area contributed by atoms with Crippen molar-refractivity contribution in [2.24, 2.45) is 0 Å². The largest absolute Gasteiger partial charge is 0.415 e. The first kappa shape index (κ1) is 20.4. The molecule has 0 aliphatic heterocycles. The van der Waals surface area contributed by atoms with Crippen LogP contribution in [0.25, 0.3) is 34.3 Å². The van der Waals surface area contributed by atoms with E-state index in [1.165, 1.54) is 6.20 Å². The Morgan fingerprint density at radius 3 is 2.13 bits per heavy atom. The number of aromatic nitrogens is 4. The molecule has 0 unspecified atom stereocenters. The van der Waals surface area contributed by atoms with Gasteiger partial charge in [0.05, 0.1) is 39.9 Å². The molecule has 8 nitrogen and oxygen atoms in total. The molecule has 0 aliphatic rings. The maximum atomic E-state index is 12.3. The van der Waals surface area contributed by atoms with E-state index in [-0.39, 0.29) is 10.8 Å². The fourth-order valence-electron chi connectivity index (χ4n) is 2.83. The Labute approximate surface area is 179 Å². The molecule has 0 amide bonds. The molecule has 154 valence electrons. The minimum atomic E-state index is -3.34. The number of benzene rings is 2. The molecule has 31 heavy (non-hydrogen) atoms. The van der Waals surface area contributed by atoms with Gasteiger partial charge in [0.1, 0.15) is 5.69 Å². The van der Waals surface area contributed by atoms with Gasteiger partial charge in [0.2, 0.25) is 5.89 Å². The number of sulfone groups is 1. The molecular weight excluding hydrogens is 414 g/mol. The monoisotopic (exact) mass is 431 g/mol. The van der Waals surface area contributed by atoms with Crippen molar-refractivity contribution in [2.75, 3.05) is 0 Å². The molecule has 0 saturated carbocycles. The Hall–Kier alpha value is -3.90. The van der Waals surface area contributed by atoms with Crippen LogP contribution in [0.1, 0.15) is 19.4 Å². The lowest BCUT2D eigenvalue weighted by atomic mass is 10.1. The molecule has 0 spiro atoms. The van der Waals surface area contributed by atoms with Gasteiger partial charge in [-0.2, -0.15) is 5.26 Å². The summed E-state index contributed by atoms with van der Waals surface area (Å²) in [6, 6.07) is 15.4. The summed E-state index contributed by atoms with van der Waals surface area (Å²) in [5.41, 5.74) is 2.87. The third-order valence-electron chi connectivity index (χ3n) is 4.64. The highest BCUT2D eigenvalue weighted by Crippen LogP contribution is 2.26. The second-order valence-electron chi connectivity index (χ2n) is 7.01. The molecule has 0 saturated heterocycles. The third-order valence-corrected chi connectivity index (χ3v) is 6.81. The Kier molecular flexibility index (Phi) is 5.31. The van der Waals surface area contributed by atoms with Crippen molar-refractivity contribution in [2.45, 2.75) is 24.0 Å². The molecule has 0 N–H and O–H groups in total. The van der Waals surface area contributed by atoms with Gasteiger partial charge in [-0.05, 0) is 50.2 Å². The van der Waals surface area contributed by atoms with Crippen molar-refractivity contribution in [1.82, 2.24) is 20.2 Å². The zero-order valence-electron chi connectivity index (χ0n) is 16.7. The molecule has 2 heterocycles. The first-order valence-corrected chi connectivity index (χ1v) is 10.9. The standard InChI is InChI=1S/C22H17N5O3S/c1-14(2)31(28,29)18-9-7-16(8-10-18)19-12-24-13-20(25-19)22-27-26-21(30-22)17-5-3-15(11-23)4-6-17/h3-10,12-14H,1-2H3. The van der Waals surface area contributed by atoms with Gasteiger partial charge in [-0.15, -0.1) is 10.2 Å². The highest BCUT2D eigenvalue weighted by molar-refractivity contribution is 7.92. The highest BCUT2D eigenvalue weighted by Gasteiger charge is 2.19. The zero-order valence-corrected chi connectivity index (χ0v) is 17.5. The second kappa shape index (κ2) is 8.08. The summed E-state index contributed by atoms with van der Waals surface area (Å²) in [5.74, 6) is 0.502. The lowest BCUT2D eigenvalue weighted by molar-refractivity contribution is 0.581. The lowest BCUT2D eigenvalue weighted by Gasteiger charge is -2.08. The average molecular weight is 431 g/mol. The molecule has 4 rings (SSSR count). The van der Waals surface area contributed by atoms with Gasteiger partial charge in [0.15, 0.2) is 9.84 Å². The number of hydrogen-bond donors (Lipinski definition) is 0. The average Bonchev–Trinajstić information content (AvgIpc) is 3.29. The Morgan fingerprint density at radius 1 is 0.871 bits per heavy atom. The summed E-state index contributed by atoms with van der Waals surface area (Å²) in [7, 11) is -3.34. The van der Waals surface area contributed by atoms with E-state index in [0.29, 0.717) is 34.0 Å². The molecule has 0 fully saturated rings. The topological polar surface area (TPSA) is 123 Å². The maximum absolute atomic E-state index is 12.3. The van der Waals surface area contributed by atoms with E-state index in [1.54, 1.807) is 68.6 Å². The van der Waals surface area contributed by atoms with Gasteiger partial charge in [-0.3, -0.25) is 4.98 Å². The number of rotatable bonds is 5. The molecule has 0 radical (unpaired) electrons. The second-order valence-corrected chi connectivity index (χ2v) is 9.51. The van der Waals surface area contributed by atoms with E-state index in [2.05, 4.69) is 26.2 Å². The molecule has 2 aromatic heterocycles. The first-order valence-electron chi connectivity index (χ1n) is 9.39. The van der Waals surface area contributed by atoms with Gasteiger partial charge < -0.3 is 4.42 Å². The van der Waals surface area contributed by atoms with Crippen LogP contribution in [0.5, 0.6) is 0 Å². The fourth-order valence-corrected chi connectivity index (χ4v) is 3.89. The van der Waals surface area contributed by atoms with Crippen LogP contribution < -0.4 is 0 Å². The smallest absolute Gasteiger partial charge is 0.268 e. The van der Waals surface area contributed by atoms with E-state index in [9.17, 15) is 8.42 Å². The molecule has 0 aliphatic carbocycles. The van der Waals surface area contributed by atoms with E-state index < -0.39 is 15.1 Å². The normalized spacial score (nSPS) is 11.4. The summed E-state index contributed by atoms with van der Waals surface area (Å²) in [5, 5.41) is 16.5. The molecule has 2 aromatic carbocycles. The van der Waals surface area contributed by atoms with E-state index >= 15 is 0 Å². The zero-order chi connectivity index (χ0) is 22.0. The van der Waals surface area contributed by atoms with Crippen molar-refractivity contribution in [1.29, 1.82) is 5.26 Å². The summed E-state index contributed by atoms with van der Waals surface area (Å²) < 4.78 is 30.3. The summed E-state index contributed by atoms with van der Waals surface area (Å²) in [6.45, 7) is 3.30. The Morgan fingerprint density at radius 2 is 1.48 bits per heavy atom. The van der Waals surface area contributed by atoms with Crippen LogP contribution in [0, 0.1) is 11.3 Å². The van der Waals surface area contributed by atoms with Crippen LogP contribution >= 0.6 is 0 Å². The fraction of sp³-hybridized carbons (Fsp3) is 0.136. The molecule has 0 atom stereocenters. The van der Waals surface area contributed by atoms with Crippen molar-refractivity contribution < 1.29 is 12.8 Å². The van der Waals surface area contributed by atoms with Crippen LogP contribution in [0.15, 0.2) is 70.2 Å². The SMILES string of the molecule is CC(C)S(=O)(=O)c1ccc(-c2cncc(-c3nnc(-c4ccc(C#N)cc4)o3)n2)cc1. The van der Waals surface area contributed by atoms with Crippen LogP contribution in [0.4, 0.5) is 0 Å². The Balaban J connectivity index is 1.62. The van der Waals surface area contributed by atoms with Gasteiger partial charge in [0.25, 0.3) is 5.89 Å². The van der Waals surface area contributed by atoms with Crippen LogP contribution in [-0.4, -0.2) is 33.8 Å². The van der Waals surface area contributed by atoms with E-state index in [4.69, 9.17) is 9.68 Å². The minimum Gasteiger partial charge on any atom is -0.415 e. The number of nitriles is 1. The molecule has 9 heteroatoms. The summed E-state index contributed by atoms with van der Waals surface area (Å²) >= 11 is 0. The first-order chi connectivity index (χ1) is 14.9. The van der Waals surface area contributed by atoms with Crippen molar-refractivity contribution in [3.8, 4) is 40.4 Å². The van der Waals surface area contributed by atoms with Gasteiger partial charge in [-0.1, -0.05) is 12.1 Å². The van der Waals surface area contributed by atoms with Gasteiger partial charge in [0, 0.05) is 11.1 Å². The predicted octanol–water partition coefficient (Wildman–Crippen LogP) is 3.91. The van der Waals surface area contributed by atoms with Crippen LogP contribution in [0.2, 0.25) is 0 Å². The molecule has 0 bridgehead atoms. The van der Waals surface area contributed by atoms with Crippen molar-refractivity contribution in [3.05, 3.63) is 66.5 Å². The Bertz CT molecular complexity index is 1370. The highest BCUT2D eigenvalue weighted by atomic mass is 32.2. The summed E-state index contributed by atoms with van der Waals surface area (Å²) in [4.78, 5) is 8.98.